The second-order valence-corrected chi connectivity index (χ2v) is 6.15. The van der Waals surface area contributed by atoms with E-state index in [1.807, 2.05) is 12.1 Å². The number of nitrogens with zero attached hydrogens (tertiary/aromatic N) is 1. The highest BCUT2D eigenvalue weighted by Gasteiger charge is 2.09. The maximum Gasteiger partial charge on any atom is 0.255 e. The number of hydrogen-bond donors (Lipinski definition) is 1. The second kappa shape index (κ2) is 7.49. The third-order valence-corrected chi connectivity index (χ3v) is 3.63. The zero-order valence-corrected chi connectivity index (χ0v) is 14.3. The first-order valence-corrected chi connectivity index (χ1v) is 7.67. The summed E-state index contributed by atoms with van der Waals surface area (Å²) in [7, 11) is 3.43. The molecule has 0 spiro atoms. The fourth-order valence-electron chi connectivity index (χ4n) is 1.93. The lowest BCUT2D eigenvalue weighted by atomic mass is 10.1. The van der Waals surface area contributed by atoms with Crippen LogP contribution in [0.5, 0.6) is 0 Å². The van der Waals surface area contributed by atoms with Crippen LogP contribution in [0.3, 0.4) is 0 Å². The summed E-state index contributed by atoms with van der Waals surface area (Å²) in [6.07, 6.45) is 0.325. The molecule has 2 amide bonds. The maximum absolute atomic E-state index is 12.2. The van der Waals surface area contributed by atoms with E-state index in [-0.39, 0.29) is 11.8 Å². The largest absolute Gasteiger partial charge is 0.349 e. The Hall–Kier alpha value is -2.04. The Morgan fingerprint density at radius 3 is 2.09 bits per heavy atom. The minimum Gasteiger partial charge on any atom is -0.349 e. The van der Waals surface area contributed by atoms with Gasteiger partial charge in [-0.05, 0) is 35.9 Å². The van der Waals surface area contributed by atoms with Crippen molar-refractivity contribution in [3.8, 4) is 0 Å². The van der Waals surface area contributed by atoms with Crippen LogP contribution in [0.4, 0.5) is 5.69 Å². The number of likely N-dealkylation sites (N-methyl/N-ethyl adjacent to an activating group) is 1. The summed E-state index contributed by atoms with van der Waals surface area (Å²) in [4.78, 5) is 25.4. The number of halogens is 2. The third kappa shape index (κ3) is 4.98. The van der Waals surface area contributed by atoms with Gasteiger partial charge in [0.25, 0.3) is 5.91 Å². The molecule has 2 aromatic rings. The van der Waals surface area contributed by atoms with Crippen LogP contribution in [0.15, 0.2) is 42.5 Å². The van der Waals surface area contributed by atoms with E-state index in [1.54, 1.807) is 49.3 Å². The Morgan fingerprint density at radius 2 is 1.57 bits per heavy atom. The molecule has 0 aliphatic carbocycles. The van der Waals surface area contributed by atoms with Crippen molar-refractivity contribution in [2.24, 2.45) is 0 Å². The van der Waals surface area contributed by atoms with Gasteiger partial charge < -0.3 is 10.2 Å². The summed E-state index contributed by atoms with van der Waals surface area (Å²) in [6.45, 7) is 0. The first-order valence-electron chi connectivity index (χ1n) is 6.91. The van der Waals surface area contributed by atoms with Crippen LogP contribution < -0.4 is 5.32 Å². The number of anilines is 1. The molecule has 0 aliphatic heterocycles. The maximum atomic E-state index is 12.2. The van der Waals surface area contributed by atoms with Crippen LogP contribution in [0.1, 0.15) is 15.9 Å². The summed E-state index contributed by atoms with van der Waals surface area (Å²) in [5.41, 5.74) is 1.90. The van der Waals surface area contributed by atoms with Gasteiger partial charge in [0.1, 0.15) is 0 Å². The van der Waals surface area contributed by atoms with Crippen molar-refractivity contribution < 1.29 is 9.59 Å². The van der Waals surface area contributed by atoms with Gasteiger partial charge >= 0.3 is 0 Å². The smallest absolute Gasteiger partial charge is 0.255 e. The first kappa shape index (κ1) is 17.3. The summed E-state index contributed by atoms with van der Waals surface area (Å²) in [5.74, 6) is -0.276. The molecule has 2 rings (SSSR count). The number of carbonyl (C=O) groups excluding carboxylic acids is 2. The topological polar surface area (TPSA) is 49.4 Å². The van der Waals surface area contributed by atoms with Gasteiger partial charge in [-0.15, -0.1) is 0 Å². The van der Waals surface area contributed by atoms with Crippen LogP contribution in [0.25, 0.3) is 0 Å². The number of rotatable bonds is 4. The highest BCUT2D eigenvalue weighted by Crippen LogP contribution is 2.20. The minimum atomic E-state index is -0.300. The monoisotopic (exact) mass is 350 g/mol. The number of hydrogen-bond acceptors (Lipinski definition) is 2. The summed E-state index contributed by atoms with van der Waals surface area (Å²) < 4.78 is 0. The molecule has 0 fully saturated rings. The molecule has 0 heterocycles. The molecule has 23 heavy (non-hydrogen) atoms. The molecule has 0 radical (unpaired) electrons. The average Bonchev–Trinajstić information content (AvgIpc) is 2.48. The van der Waals surface area contributed by atoms with Gasteiger partial charge in [0.05, 0.1) is 6.42 Å². The molecule has 0 atom stereocenters. The van der Waals surface area contributed by atoms with Crippen molar-refractivity contribution in [3.63, 3.8) is 0 Å². The molecule has 0 bridgehead atoms. The number of carbonyl (C=O) groups is 2. The SMILES string of the molecule is CN(C)C(=O)Cc1ccc(NC(=O)c2cc(Cl)cc(Cl)c2)cc1. The zero-order chi connectivity index (χ0) is 17.0. The van der Waals surface area contributed by atoms with Crippen LogP contribution in [0.2, 0.25) is 10.0 Å². The van der Waals surface area contributed by atoms with E-state index in [9.17, 15) is 9.59 Å². The molecule has 0 unspecified atom stereocenters. The average molecular weight is 351 g/mol. The van der Waals surface area contributed by atoms with E-state index in [1.165, 1.54) is 0 Å². The summed E-state index contributed by atoms with van der Waals surface area (Å²) in [6, 6.07) is 11.8. The fourth-order valence-corrected chi connectivity index (χ4v) is 2.45. The molecule has 4 nitrogen and oxygen atoms in total. The Labute approximate surface area is 145 Å². The molecule has 2 aromatic carbocycles. The van der Waals surface area contributed by atoms with Crippen molar-refractivity contribution >= 4 is 40.7 Å². The second-order valence-electron chi connectivity index (χ2n) is 5.27. The van der Waals surface area contributed by atoms with Crippen molar-refractivity contribution in [1.82, 2.24) is 4.90 Å². The third-order valence-electron chi connectivity index (χ3n) is 3.19. The molecule has 1 N–H and O–H groups in total. The number of nitrogens with one attached hydrogen (secondary N) is 1. The molecular weight excluding hydrogens is 335 g/mol. The van der Waals surface area contributed by atoms with Gasteiger partial charge in [-0.2, -0.15) is 0 Å². The van der Waals surface area contributed by atoms with E-state index in [0.717, 1.165) is 5.56 Å². The normalized spacial score (nSPS) is 10.3. The Kier molecular flexibility index (Phi) is 5.64. The highest BCUT2D eigenvalue weighted by molar-refractivity contribution is 6.35. The van der Waals surface area contributed by atoms with Gasteiger partial charge in [-0.3, -0.25) is 9.59 Å². The van der Waals surface area contributed by atoms with Crippen molar-refractivity contribution in [1.29, 1.82) is 0 Å². The zero-order valence-electron chi connectivity index (χ0n) is 12.8. The Morgan fingerprint density at radius 1 is 1.00 bits per heavy atom. The van der Waals surface area contributed by atoms with Crippen LogP contribution in [0, 0.1) is 0 Å². The number of benzene rings is 2. The molecule has 0 aliphatic rings. The van der Waals surface area contributed by atoms with Gasteiger partial charge in [-0.1, -0.05) is 35.3 Å². The fraction of sp³-hybridized carbons (Fsp3) is 0.176. The summed E-state index contributed by atoms with van der Waals surface area (Å²) in [5, 5.41) is 3.57. The first-order chi connectivity index (χ1) is 10.8. The standard InChI is InChI=1S/C17H16Cl2N2O2/c1-21(2)16(22)7-11-3-5-15(6-4-11)20-17(23)12-8-13(18)10-14(19)9-12/h3-6,8-10H,7H2,1-2H3,(H,20,23). The van der Waals surface area contributed by atoms with Crippen LogP contribution in [-0.4, -0.2) is 30.8 Å². The van der Waals surface area contributed by atoms with E-state index in [0.29, 0.717) is 27.7 Å². The van der Waals surface area contributed by atoms with E-state index >= 15 is 0 Å². The minimum absolute atomic E-state index is 0.0235. The molecule has 0 aromatic heterocycles. The molecule has 120 valence electrons. The lowest BCUT2D eigenvalue weighted by Crippen LogP contribution is -2.23. The van der Waals surface area contributed by atoms with Crippen molar-refractivity contribution in [2.75, 3.05) is 19.4 Å². The predicted molar refractivity (Wildman–Crippen MR) is 93.3 cm³/mol. The summed E-state index contributed by atoms with van der Waals surface area (Å²) >= 11 is 11.8. The van der Waals surface area contributed by atoms with Crippen molar-refractivity contribution in [3.05, 3.63) is 63.6 Å². The van der Waals surface area contributed by atoms with Crippen LogP contribution in [-0.2, 0) is 11.2 Å². The number of amides is 2. The quantitative estimate of drug-likeness (QED) is 0.909. The van der Waals surface area contributed by atoms with E-state index in [2.05, 4.69) is 5.32 Å². The highest BCUT2D eigenvalue weighted by atomic mass is 35.5. The van der Waals surface area contributed by atoms with Gasteiger partial charge in [0.2, 0.25) is 5.91 Å². The Balaban J connectivity index is 2.05. The van der Waals surface area contributed by atoms with Crippen molar-refractivity contribution in [2.45, 2.75) is 6.42 Å². The lowest BCUT2D eigenvalue weighted by molar-refractivity contribution is -0.127. The van der Waals surface area contributed by atoms with E-state index in [4.69, 9.17) is 23.2 Å². The molecule has 6 heteroatoms. The van der Waals surface area contributed by atoms with E-state index < -0.39 is 0 Å². The molecule has 0 saturated heterocycles. The Bertz CT molecular complexity index is 708. The van der Waals surface area contributed by atoms with Gasteiger partial charge in [0, 0.05) is 35.4 Å². The van der Waals surface area contributed by atoms with Crippen LogP contribution >= 0.6 is 23.2 Å². The predicted octanol–water partition coefficient (Wildman–Crippen LogP) is 3.88. The lowest BCUT2D eigenvalue weighted by Gasteiger charge is -2.11. The van der Waals surface area contributed by atoms with Gasteiger partial charge in [-0.25, -0.2) is 0 Å². The van der Waals surface area contributed by atoms with Gasteiger partial charge in [0.15, 0.2) is 0 Å². The molecular formula is C17H16Cl2N2O2. The molecule has 0 saturated carbocycles.